The molecule has 0 unspecified atom stereocenters. The molecule has 0 saturated heterocycles. The van der Waals surface area contributed by atoms with E-state index in [0.29, 0.717) is 19.6 Å². The standard InChI is InChI=1S/C10H16O4/c1-3-6-14-8-9(10(11)12)5-4-7-13-2/h3,5H,1,4,6-8H2,2H3,(H,11,12). The van der Waals surface area contributed by atoms with Crippen LogP contribution in [-0.4, -0.2) is 38.0 Å². The molecule has 4 heteroatoms. The van der Waals surface area contributed by atoms with E-state index in [9.17, 15) is 4.79 Å². The van der Waals surface area contributed by atoms with Crippen LogP contribution in [0.4, 0.5) is 0 Å². The Morgan fingerprint density at radius 1 is 1.57 bits per heavy atom. The average molecular weight is 200 g/mol. The molecule has 14 heavy (non-hydrogen) atoms. The summed E-state index contributed by atoms with van der Waals surface area (Å²) in [6.45, 7) is 4.44. The van der Waals surface area contributed by atoms with Crippen LogP contribution in [0.5, 0.6) is 0 Å². The van der Waals surface area contributed by atoms with Crippen molar-refractivity contribution >= 4 is 5.97 Å². The van der Waals surface area contributed by atoms with Crippen molar-refractivity contribution in [2.75, 3.05) is 26.9 Å². The number of carboxylic acid groups (broad SMARTS) is 1. The Kier molecular flexibility index (Phi) is 7.78. The van der Waals surface area contributed by atoms with E-state index in [2.05, 4.69) is 6.58 Å². The molecular formula is C10H16O4. The monoisotopic (exact) mass is 200 g/mol. The van der Waals surface area contributed by atoms with E-state index < -0.39 is 5.97 Å². The van der Waals surface area contributed by atoms with Crippen LogP contribution in [0, 0.1) is 0 Å². The maximum Gasteiger partial charge on any atom is 0.333 e. The molecule has 4 nitrogen and oxygen atoms in total. The third kappa shape index (κ3) is 6.39. The topological polar surface area (TPSA) is 55.8 Å². The molecule has 0 radical (unpaired) electrons. The van der Waals surface area contributed by atoms with Crippen LogP contribution >= 0.6 is 0 Å². The van der Waals surface area contributed by atoms with Crippen molar-refractivity contribution in [2.24, 2.45) is 0 Å². The maximum absolute atomic E-state index is 10.7. The molecule has 0 aromatic rings. The van der Waals surface area contributed by atoms with Gasteiger partial charge >= 0.3 is 5.97 Å². The number of hydrogen-bond donors (Lipinski definition) is 1. The maximum atomic E-state index is 10.7. The summed E-state index contributed by atoms with van der Waals surface area (Å²) in [4.78, 5) is 10.7. The minimum Gasteiger partial charge on any atom is -0.478 e. The molecule has 0 heterocycles. The van der Waals surface area contributed by atoms with Crippen LogP contribution in [0.3, 0.4) is 0 Å². The van der Waals surface area contributed by atoms with Gasteiger partial charge in [0, 0.05) is 13.7 Å². The fraction of sp³-hybridized carbons (Fsp3) is 0.500. The van der Waals surface area contributed by atoms with Crippen molar-refractivity contribution in [1.82, 2.24) is 0 Å². The fourth-order valence-corrected chi connectivity index (χ4v) is 0.811. The highest BCUT2D eigenvalue weighted by molar-refractivity contribution is 5.86. The lowest BCUT2D eigenvalue weighted by molar-refractivity contribution is -0.133. The van der Waals surface area contributed by atoms with Gasteiger partial charge in [-0.2, -0.15) is 0 Å². The van der Waals surface area contributed by atoms with Gasteiger partial charge < -0.3 is 14.6 Å². The van der Waals surface area contributed by atoms with Crippen LogP contribution in [0.1, 0.15) is 6.42 Å². The van der Waals surface area contributed by atoms with Gasteiger partial charge in [0.1, 0.15) is 0 Å². The zero-order valence-corrected chi connectivity index (χ0v) is 8.36. The summed E-state index contributed by atoms with van der Waals surface area (Å²) in [5.74, 6) is -0.954. The zero-order valence-electron chi connectivity index (χ0n) is 8.36. The number of rotatable bonds is 8. The summed E-state index contributed by atoms with van der Waals surface area (Å²) < 4.78 is 9.83. The SMILES string of the molecule is C=CCOCC(=CCCOC)C(=O)O. The lowest BCUT2D eigenvalue weighted by Gasteiger charge is -2.02. The Morgan fingerprint density at radius 2 is 2.29 bits per heavy atom. The molecule has 80 valence electrons. The molecule has 0 aliphatic carbocycles. The molecule has 0 fully saturated rings. The Morgan fingerprint density at radius 3 is 2.79 bits per heavy atom. The quantitative estimate of drug-likeness (QED) is 0.364. The van der Waals surface area contributed by atoms with Crippen molar-refractivity contribution in [2.45, 2.75) is 6.42 Å². The summed E-state index contributed by atoms with van der Waals surface area (Å²) in [7, 11) is 1.57. The molecule has 0 saturated carbocycles. The second kappa shape index (κ2) is 8.47. The van der Waals surface area contributed by atoms with Gasteiger partial charge in [-0.1, -0.05) is 12.2 Å². The molecule has 0 aliphatic heterocycles. The summed E-state index contributed by atoms with van der Waals surface area (Å²) in [6.07, 6.45) is 3.76. The average Bonchev–Trinajstić information content (AvgIpc) is 2.15. The molecule has 0 aromatic heterocycles. The summed E-state index contributed by atoms with van der Waals surface area (Å²) in [6, 6.07) is 0. The normalized spacial score (nSPS) is 11.4. The van der Waals surface area contributed by atoms with Gasteiger partial charge in [-0.05, 0) is 6.42 Å². The Bertz CT molecular complexity index is 208. The van der Waals surface area contributed by atoms with Crippen LogP contribution in [0.15, 0.2) is 24.3 Å². The zero-order chi connectivity index (χ0) is 10.8. The molecule has 0 bridgehead atoms. The van der Waals surface area contributed by atoms with Gasteiger partial charge in [-0.3, -0.25) is 0 Å². The van der Waals surface area contributed by atoms with Crippen molar-refractivity contribution in [3.8, 4) is 0 Å². The first-order valence-electron chi connectivity index (χ1n) is 4.32. The minimum atomic E-state index is -0.954. The summed E-state index contributed by atoms with van der Waals surface area (Å²) >= 11 is 0. The van der Waals surface area contributed by atoms with E-state index in [0.717, 1.165) is 0 Å². The van der Waals surface area contributed by atoms with Crippen molar-refractivity contribution in [1.29, 1.82) is 0 Å². The van der Waals surface area contributed by atoms with Gasteiger partial charge in [-0.15, -0.1) is 6.58 Å². The van der Waals surface area contributed by atoms with Gasteiger partial charge in [0.15, 0.2) is 0 Å². The lowest BCUT2D eigenvalue weighted by atomic mass is 10.2. The van der Waals surface area contributed by atoms with E-state index in [1.165, 1.54) is 0 Å². The largest absolute Gasteiger partial charge is 0.478 e. The third-order valence-electron chi connectivity index (χ3n) is 1.48. The molecule has 1 N–H and O–H groups in total. The lowest BCUT2D eigenvalue weighted by Crippen LogP contribution is -2.08. The third-order valence-corrected chi connectivity index (χ3v) is 1.48. The molecule has 0 amide bonds. The Labute approximate surface area is 83.8 Å². The molecule has 0 aliphatic rings. The van der Waals surface area contributed by atoms with E-state index in [1.54, 1.807) is 19.3 Å². The molecule has 0 spiro atoms. The van der Waals surface area contributed by atoms with E-state index in [1.807, 2.05) is 0 Å². The highest BCUT2D eigenvalue weighted by Gasteiger charge is 2.05. The molecule has 0 aromatic carbocycles. The highest BCUT2D eigenvalue weighted by atomic mass is 16.5. The van der Waals surface area contributed by atoms with Crippen LogP contribution in [0.2, 0.25) is 0 Å². The number of carbonyl (C=O) groups is 1. The van der Waals surface area contributed by atoms with Crippen LogP contribution in [-0.2, 0) is 14.3 Å². The number of aliphatic carboxylic acids is 1. The van der Waals surface area contributed by atoms with Crippen LogP contribution < -0.4 is 0 Å². The van der Waals surface area contributed by atoms with Gasteiger partial charge in [-0.25, -0.2) is 4.79 Å². The first-order valence-corrected chi connectivity index (χ1v) is 4.32. The number of ether oxygens (including phenoxy) is 2. The van der Waals surface area contributed by atoms with Crippen LogP contribution in [0.25, 0.3) is 0 Å². The van der Waals surface area contributed by atoms with Crippen molar-refractivity contribution in [3.63, 3.8) is 0 Å². The minimum absolute atomic E-state index is 0.102. The van der Waals surface area contributed by atoms with Gasteiger partial charge in [0.25, 0.3) is 0 Å². The first-order chi connectivity index (χ1) is 6.72. The Balaban J connectivity index is 3.94. The second-order valence-electron chi connectivity index (χ2n) is 2.62. The first kappa shape index (κ1) is 12.9. The van der Waals surface area contributed by atoms with Gasteiger partial charge in [0.2, 0.25) is 0 Å². The van der Waals surface area contributed by atoms with Crippen molar-refractivity contribution in [3.05, 3.63) is 24.3 Å². The molecule has 0 rings (SSSR count). The predicted octanol–water partition coefficient (Wildman–Crippen LogP) is 1.24. The molecule has 0 atom stereocenters. The highest BCUT2D eigenvalue weighted by Crippen LogP contribution is 1.99. The number of carboxylic acids is 1. The summed E-state index contributed by atoms with van der Waals surface area (Å²) in [5, 5.41) is 8.76. The summed E-state index contributed by atoms with van der Waals surface area (Å²) in [5.41, 5.74) is 0.254. The Hall–Kier alpha value is -1.13. The number of methoxy groups -OCH3 is 1. The van der Waals surface area contributed by atoms with E-state index >= 15 is 0 Å². The predicted molar refractivity (Wildman–Crippen MR) is 53.2 cm³/mol. The smallest absolute Gasteiger partial charge is 0.333 e. The number of hydrogen-bond acceptors (Lipinski definition) is 3. The fourth-order valence-electron chi connectivity index (χ4n) is 0.811. The van der Waals surface area contributed by atoms with E-state index in [4.69, 9.17) is 14.6 Å². The van der Waals surface area contributed by atoms with Crippen molar-refractivity contribution < 1.29 is 19.4 Å². The van der Waals surface area contributed by atoms with Gasteiger partial charge in [0.05, 0.1) is 18.8 Å². The van der Waals surface area contributed by atoms with E-state index in [-0.39, 0.29) is 12.2 Å². The molecular weight excluding hydrogens is 184 g/mol. The second-order valence-corrected chi connectivity index (χ2v) is 2.62.